The van der Waals surface area contributed by atoms with Gasteiger partial charge in [0.2, 0.25) is 0 Å². The summed E-state index contributed by atoms with van der Waals surface area (Å²) in [5.41, 5.74) is -0.605. The third-order valence-corrected chi connectivity index (χ3v) is 10.6. The lowest BCUT2D eigenvalue weighted by Gasteiger charge is -2.48. The maximum absolute atomic E-state index is 16.1. The zero-order valence-corrected chi connectivity index (χ0v) is 22.6. The summed E-state index contributed by atoms with van der Waals surface area (Å²) >= 11 is 0. The average Bonchev–Trinajstić information content (AvgIpc) is 2.87. The van der Waals surface area contributed by atoms with Gasteiger partial charge < -0.3 is 5.11 Å². The predicted molar refractivity (Wildman–Crippen MR) is 141 cm³/mol. The third-order valence-electron chi connectivity index (χ3n) is 10.6. The molecular formula is C31H55FO2. The summed E-state index contributed by atoms with van der Waals surface area (Å²) in [7, 11) is 0. The highest BCUT2D eigenvalue weighted by Gasteiger charge is 2.47. The highest BCUT2D eigenvalue weighted by Crippen LogP contribution is 2.54. The maximum Gasteiger partial charge on any atom is 0.309 e. The molecule has 1 unspecified atom stereocenters. The first-order valence-corrected chi connectivity index (χ1v) is 15.3. The molecule has 34 heavy (non-hydrogen) atoms. The van der Waals surface area contributed by atoms with Crippen molar-refractivity contribution in [3.8, 4) is 0 Å². The quantitative estimate of drug-likeness (QED) is 0.267. The van der Waals surface area contributed by atoms with E-state index in [4.69, 9.17) is 0 Å². The fourth-order valence-electron chi connectivity index (χ4n) is 8.28. The summed E-state index contributed by atoms with van der Waals surface area (Å²) < 4.78 is 16.1. The minimum absolute atomic E-state index is 0.0727. The van der Waals surface area contributed by atoms with Gasteiger partial charge in [-0.1, -0.05) is 90.9 Å². The fourth-order valence-corrected chi connectivity index (χ4v) is 8.28. The van der Waals surface area contributed by atoms with Gasteiger partial charge in [-0.25, -0.2) is 4.39 Å². The van der Waals surface area contributed by atoms with E-state index in [-0.39, 0.29) is 5.41 Å². The van der Waals surface area contributed by atoms with Crippen LogP contribution in [0.5, 0.6) is 0 Å². The molecule has 3 aliphatic carbocycles. The number of carboxylic acids is 1. The van der Waals surface area contributed by atoms with E-state index in [1.54, 1.807) is 0 Å². The van der Waals surface area contributed by atoms with Gasteiger partial charge in [0.1, 0.15) is 6.17 Å². The Labute approximate surface area is 210 Å². The van der Waals surface area contributed by atoms with Crippen LogP contribution in [-0.4, -0.2) is 17.2 Å². The highest BCUT2D eigenvalue weighted by molar-refractivity contribution is 5.74. The van der Waals surface area contributed by atoms with E-state index in [1.165, 1.54) is 77.0 Å². The SMILES string of the molecule is CCCCC1CCC(C2(C(F)CCCCC3(C(=O)O)CCC(CCC)CC3)CCCCC2)CC1. The molecule has 0 amide bonds. The number of halogens is 1. The van der Waals surface area contributed by atoms with Crippen LogP contribution in [0, 0.1) is 28.6 Å². The van der Waals surface area contributed by atoms with Gasteiger partial charge in [-0.3, -0.25) is 4.79 Å². The molecule has 198 valence electrons. The summed E-state index contributed by atoms with van der Waals surface area (Å²) in [6.45, 7) is 4.51. The second kappa shape index (κ2) is 13.6. The van der Waals surface area contributed by atoms with Gasteiger partial charge in [0.25, 0.3) is 0 Å². The predicted octanol–water partition coefficient (Wildman–Crippen LogP) is 9.89. The Balaban J connectivity index is 1.50. The Morgan fingerprint density at radius 3 is 2.06 bits per heavy atom. The van der Waals surface area contributed by atoms with Gasteiger partial charge in [0, 0.05) is 5.41 Å². The van der Waals surface area contributed by atoms with Crippen molar-refractivity contribution < 1.29 is 14.3 Å². The molecule has 0 radical (unpaired) electrons. The Bertz CT molecular complexity index is 580. The second-order valence-corrected chi connectivity index (χ2v) is 12.7. The third kappa shape index (κ3) is 7.00. The number of carbonyl (C=O) groups is 1. The van der Waals surface area contributed by atoms with Gasteiger partial charge in [-0.15, -0.1) is 0 Å². The van der Waals surface area contributed by atoms with E-state index >= 15 is 4.39 Å². The van der Waals surface area contributed by atoms with Crippen molar-refractivity contribution >= 4 is 5.97 Å². The summed E-state index contributed by atoms with van der Waals surface area (Å²) in [6.07, 6.45) is 23.7. The number of hydrogen-bond acceptors (Lipinski definition) is 1. The number of aliphatic carboxylic acids is 1. The minimum Gasteiger partial charge on any atom is -0.481 e. The van der Waals surface area contributed by atoms with Crippen molar-refractivity contribution in [2.75, 3.05) is 0 Å². The van der Waals surface area contributed by atoms with E-state index < -0.39 is 17.6 Å². The zero-order valence-electron chi connectivity index (χ0n) is 22.6. The van der Waals surface area contributed by atoms with Crippen LogP contribution in [-0.2, 0) is 4.79 Å². The van der Waals surface area contributed by atoms with Crippen LogP contribution in [0.15, 0.2) is 0 Å². The Morgan fingerprint density at radius 1 is 0.824 bits per heavy atom. The molecule has 3 heteroatoms. The largest absolute Gasteiger partial charge is 0.481 e. The Hall–Kier alpha value is -0.600. The first-order valence-electron chi connectivity index (χ1n) is 15.3. The molecule has 1 atom stereocenters. The number of hydrogen-bond donors (Lipinski definition) is 1. The summed E-state index contributed by atoms with van der Waals surface area (Å²) in [5, 5.41) is 10.0. The van der Waals surface area contributed by atoms with E-state index in [0.29, 0.717) is 12.3 Å². The lowest BCUT2D eigenvalue weighted by Crippen LogP contribution is -2.43. The normalized spacial score (nSPS) is 32.9. The topological polar surface area (TPSA) is 37.3 Å². The molecule has 3 aliphatic rings. The molecule has 0 aromatic rings. The van der Waals surface area contributed by atoms with E-state index in [1.807, 2.05) is 0 Å². The lowest BCUT2D eigenvalue weighted by atomic mass is 9.57. The molecule has 0 heterocycles. The second-order valence-electron chi connectivity index (χ2n) is 12.7. The number of rotatable bonds is 13. The van der Waals surface area contributed by atoms with E-state index in [0.717, 1.165) is 69.6 Å². The van der Waals surface area contributed by atoms with Crippen molar-refractivity contribution in [3.05, 3.63) is 0 Å². The van der Waals surface area contributed by atoms with Gasteiger partial charge in [-0.05, 0) is 82.0 Å². The van der Waals surface area contributed by atoms with Crippen LogP contribution in [0.3, 0.4) is 0 Å². The van der Waals surface area contributed by atoms with E-state index in [2.05, 4.69) is 13.8 Å². The van der Waals surface area contributed by atoms with Crippen LogP contribution in [0.4, 0.5) is 4.39 Å². The molecule has 3 saturated carbocycles. The van der Waals surface area contributed by atoms with Gasteiger partial charge in [0.05, 0.1) is 5.41 Å². The van der Waals surface area contributed by atoms with Crippen LogP contribution < -0.4 is 0 Å². The van der Waals surface area contributed by atoms with Crippen molar-refractivity contribution in [1.29, 1.82) is 0 Å². The molecular weight excluding hydrogens is 423 g/mol. The molecule has 0 aliphatic heterocycles. The van der Waals surface area contributed by atoms with Crippen molar-refractivity contribution in [1.82, 2.24) is 0 Å². The molecule has 0 spiro atoms. The minimum atomic E-state index is -0.689. The van der Waals surface area contributed by atoms with Crippen LogP contribution in [0.2, 0.25) is 0 Å². The summed E-state index contributed by atoms with van der Waals surface area (Å²) in [5.74, 6) is 1.59. The summed E-state index contributed by atoms with van der Waals surface area (Å²) in [6, 6.07) is 0. The highest BCUT2D eigenvalue weighted by atomic mass is 19.1. The van der Waals surface area contributed by atoms with E-state index in [9.17, 15) is 9.90 Å². The zero-order chi connectivity index (χ0) is 24.4. The maximum atomic E-state index is 16.1. The van der Waals surface area contributed by atoms with Gasteiger partial charge in [-0.2, -0.15) is 0 Å². The van der Waals surface area contributed by atoms with Gasteiger partial charge >= 0.3 is 5.97 Å². The molecule has 3 fully saturated rings. The van der Waals surface area contributed by atoms with Crippen molar-refractivity contribution in [2.45, 2.75) is 161 Å². The molecule has 0 aromatic heterocycles. The smallest absolute Gasteiger partial charge is 0.309 e. The molecule has 1 N–H and O–H groups in total. The van der Waals surface area contributed by atoms with Crippen LogP contribution in [0.25, 0.3) is 0 Å². The van der Waals surface area contributed by atoms with Crippen LogP contribution in [0.1, 0.15) is 155 Å². The number of alkyl halides is 1. The molecule has 2 nitrogen and oxygen atoms in total. The molecule has 3 rings (SSSR count). The van der Waals surface area contributed by atoms with Crippen LogP contribution >= 0.6 is 0 Å². The first-order chi connectivity index (χ1) is 16.5. The van der Waals surface area contributed by atoms with Gasteiger partial charge in [0.15, 0.2) is 0 Å². The average molecular weight is 479 g/mol. The fraction of sp³-hybridized carbons (Fsp3) is 0.968. The number of carboxylic acid groups (broad SMARTS) is 1. The molecule has 0 bridgehead atoms. The first kappa shape index (κ1) is 28.0. The Morgan fingerprint density at radius 2 is 1.47 bits per heavy atom. The summed E-state index contributed by atoms with van der Waals surface area (Å²) in [4.78, 5) is 12.2. The molecule has 0 aromatic carbocycles. The molecule has 0 saturated heterocycles. The lowest BCUT2D eigenvalue weighted by molar-refractivity contribution is -0.152. The van der Waals surface area contributed by atoms with Crippen molar-refractivity contribution in [2.24, 2.45) is 28.6 Å². The monoisotopic (exact) mass is 478 g/mol. The van der Waals surface area contributed by atoms with Crippen molar-refractivity contribution in [3.63, 3.8) is 0 Å². The standard InChI is InChI=1S/C31H55FO2/c1-3-5-12-26-14-16-27(17-15-26)31(21-8-6-9-22-31)28(32)13-7-10-20-30(29(33)34)23-18-25(11-4-2)19-24-30/h25-28H,3-24H2,1-2H3,(H,33,34). The number of unbranched alkanes of at least 4 members (excludes halogenated alkanes) is 2. The Kier molecular flexibility index (Phi) is 11.2.